The van der Waals surface area contributed by atoms with Gasteiger partial charge in [0.15, 0.2) is 5.82 Å². The number of ether oxygens (including phenoxy) is 3. The number of carbonyl (C=O) groups is 1. The third-order valence-corrected chi connectivity index (χ3v) is 5.36. The van der Waals surface area contributed by atoms with E-state index in [0.717, 1.165) is 19.2 Å². The van der Waals surface area contributed by atoms with Crippen molar-refractivity contribution in [1.82, 2.24) is 14.8 Å². The van der Waals surface area contributed by atoms with Crippen LogP contribution in [-0.2, 0) is 10.9 Å². The van der Waals surface area contributed by atoms with Gasteiger partial charge in [-0.25, -0.2) is 9.07 Å². The van der Waals surface area contributed by atoms with Crippen molar-refractivity contribution in [2.75, 3.05) is 32.8 Å². The Morgan fingerprint density at radius 1 is 1.00 bits per heavy atom. The van der Waals surface area contributed by atoms with Crippen LogP contribution in [0, 0.1) is 5.82 Å². The van der Waals surface area contributed by atoms with E-state index in [4.69, 9.17) is 14.2 Å². The number of hydrogen-bond donors (Lipinski definition) is 1. The van der Waals surface area contributed by atoms with Gasteiger partial charge in [0.1, 0.15) is 18.2 Å². The van der Waals surface area contributed by atoms with Gasteiger partial charge in [-0.3, -0.25) is 4.79 Å². The molecule has 0 aliphatic carbocycles. The van der Waals surface area contributed by atoms with Crippen molar-refractivity contribution in [3.8, 4) is 28.8 Å². The van der Waals surface area contributed by atoms with E-state index >= 15 is 0 Å². The summed E-state index contributed by atoms with van der Waals surface area (Å²) in [5, 5.41) is 6.87. The number of alkyl halides is 3. The number of anilines is 1. The van der Waals surface area contributed by atoms with Crippen LogP contribution in [0.2, 0.25) is 0 Å². The SMILES string of the molecule is COCCOc1nc(-c2ccccc2F)n(-c2ccc(NC(=O)c3ccc(OC)c(C(F)(F)F)c3)cc2)n1. The zero-order chi connectivity index (χ0) is 27.3. The number of carbonyl (C=O) groups excluding carboxylic acids is 1. The number of nitrogens with zero attached hydrogens (tertiary/aromatic N) is 3. The molecule has 0 bridgehead atoms. The highest BCUT2D eigenvalue weighted by Crippen LogP contribution is 2.37. The maximum Gasteiger partial charge on any atom is 0.419 e. The Balaban J connectivity index is 1.59. The molecular weight excluding hydrogens is 508 g/mol. The second-order valence-electron chi connectivity index (χ2n) is 7.86. The van der Waals surface area contributed by atoms with Crippen LogP contribution >= 0.6 is 0 Å². The molecule has 4 aromatic rings. The molecule has 0 fully saturated rings. The average Bonchev–Trinajstić information content (AvgIpc) is 3.32. The number of hydrogen-bond acceptors (Lipinski definition) is 6. The predicted octanol–water partition coefficient (Wildman–Crippen LogP) is 5.38. The molecule has 198 valence electrons. The van der Waals surface area contributed by atoms with Crippen molar-refractivity contribution in [2.45, 2.75) is 6.18 Å². The second-order valence-corrected chi connectivity index (χ2v) is 7.86. The minimum atomic E-state index is -4.69. The van der Waals surface area contributed by atoms with E-state index in [1.807, 2.05) is 0 Å². The van der Waals surface area contributed by atoms with Crippen LogP contribution in [0.1, 0.15) is 15.9 Å². The number of methoxy groups -OCH3 is 2. The van der Waals surface area contributed by atoms with Gasteiger partial charge in [0.25, 0.3) is 5.91 Å². The Morgan fingerprint density at radius 2 is 1.74 bits per heavy atom. The monoisotopic (exact) mass is 530 g/mol. The Kier molecular flexibility index (Phi) is 7.91. The first-order valence-corrected chi connectivity index (χ1v) is 11.2. The average molecular weight is 530 g/mol. The minimum absolute atomic E-state index is 0.0117. The highest BCUT2D eigenvalue weighted by Gasteiger charge is 2.35. The van der Waals surface area contributed by atoms with E-state index in [-0.39, 0.29) is 35.3 Å². The molecule has 3 aromatic carbocycles. The third-order valence-electron chi connectivity index (χ3n) is 5.36. The first-order chi connectivity index (χ1) is 18.2. The lowest BCUT2D eigenvalue weighted by atomic mass is 10.1. The van der Waals surface area contributed by atoms with Crippen LogP contribution in [-0.4, -0.2) is 48.1 Å². The van der Waals surface area contributed by atoms with Gasteiger partial charge in [0, 0.05) is 18.4 Å². The molecule has 0 atom stereocenters. The van der Waals surface area contributed by atoms with Crippen molar-refractivity contribution in [3.05, 3.63) is 83.7 Å². The van der Waals surface area contributed by atoms with Crippen LogP contribution in [0.5, 0.6) is 11.8 Å². The molecule has 1 N–H and O–H groups in total. The van der Waals surface area contributed by atoms with E-state index in [9.17, 15) is 22.4 Å². The van der Waals surface area contributed by atoms with Crippen molar-refractivity contribution in [3.63, 3.8) is 0 Å². The molecule has 0 aliphatic rings. The smallest absolute Gasteiger partial charge is 0.419 e. The number of benzene rings is 3. The summed E-state index contributed by atoms with van der Waals surface area (Å²) in [5.74, 6) is -1.45. The van der Waals surface area contributed by atoms with E-state index in [0.29, 0.717) is 18.0 Å². The molecule has 0 unspecified atom stereocenters. The quantitative estimate of drug-likeness (QED) is 0.231. The van der Waals surface area contributed by atoms with Crippen molar-refractivity contribution >= 4 is 11.6 Å². The van der Waals surface area contributed by atoms with Crippen LogP contribution < -0.4 is 14.8 Å². The largest absolute Gasteiger partial charge is 0.496 e. The van der Waals surface area contributed by atoms with Gasteiger partial charge in [0.2, 0.25) is 0 Å². The molecule has 12 heteroatoms. The lowest BCUT2D eigenvalue weighted by Crippen LogP contribution is -2.15. The fraction of sp³-hybridized carbons (Fsp3) is 0.192. The molecule has 4 rings (SSSR count). The van der Waals surface area contributed by atoms with Crippen molar-refractivity contribution < 1.29 is 36.6 Å². The van der Waals surface area contributed by atoms with Gasteiger partial charge < -0.3 is 19.5 Å². The Morgan fingerprint density at radius 3 is 2.39 bits per heavy atom. The number of halogens is 4. The fourth-order valence-electron chi connectivity index (χ4n) is 3.53. The molecule has 38 heavy (non-hydrogen) atoms. The van der Waals surface area contributed by atoms with Crippen LogP contribution in [0.3, 0.4) is 0 Å². The van der Waals surface area contributed by atoms with Gasteiger partial charge in [-0.1, -0.05) is 12.1 Å². The molecule has 1 heterocycles. The minimum Gasteiger partial charge on any atom is -0.496 e. The second kappa shape index (κ2) is 11.3. The molecule has 0 aliphatic heterocycles. The zero-order valence-corrected chi connectivity index (χ0v) is 20.3. The summed E-state index contributed by atoms with van der Waals surface area (Å²) >= 11 is 0. The normalized spacial score (nSPS) is 11.3. The molecule has 0 spiro atoms. The molecule has 0 radical (unpaired) electrons. The Labute approximate surface area is 214 Å². The maximum atomic E-state index is 14.5. The molecule has 0 saturated carbocycles. The first kappa shape index (κ1) is 26.6. The van der Waals surface area contributed by atoms with Crippen molar-refractivity contribution in [1.29, 1.82) is 0 Å². The highest BCUT2D eigenvalue weighted by atomic mass is 19.4. The van der Waals surface area contributed by atoms with Crippen LogP contribution in [0.15, 0.2) is 66.7 Å². The lowest BCUT2D eigenvalue weighted by molar-refractivity contribution is -0.138. The summed E-state index contributed by atoms with van der Waals surface area (Å²) in [4.78, 5) is 16.9. The summed E-state index contributed by atoms with van der Waals surface area (Å²) in [6.07, 6.45) is -4.69. The van der Waals surface area contributed by atoms with Crippen molar-refractivity contribution in [2.24, 2.45) is 0 Å². The Bertz CT molecular complexity index is 1420. The van der Waals surface area contributed by atoms with Crippen LogP contribution in [0.4, 0.5) is 23.2 Å². The number of aromatic nitrogens is 3. The standard InChI is InChI=1S/C26H22F4N4O4/c1-36-13-14-38-25-32-23(19-5-3-4-6-21(19)27)34(33-25)18-10-8-17(9-11-18)31-24(35)16-7-12-22(37-2)20(15-16)26(28,29)30/h3-12,15H,13-14H2,1-2H3,(H,31,35). The van der Waals surface area contributed by atoms with E-state index in [1.54, 1.807) is 30.3 Å². The fourth-order valence-corrected chi connectivity index (χ4v) is 3.53. The molecule has 0 saturated heterocycles. The number of rotatable bonds is 9. The summed E-state index contributed by atoms with van der Waals surface area (Å²) in [7, 11) is 2.64. The lowest BCUT2D eigenvalue weighted by Gasteiger charge is -2.13. The van der Waals surface area contributed by atoms with Gasteiger partial charge in [-0.05, 0) is 54.6 Å². The topological polar surface area (TPSA) is 87.5 Å². The van der Waals surface area contributed by atoms with E-state index < -0.39 is 23.5 Å². The van der Waals surface area contributed by atoms with Gasteiger partial charge in [0.05, 0.1) is 30.5 Å². The maximum absolute atomic E-state index is 14.5. The Hall–Kier alpha value is -4.45. The number of amides is 1. The summed E-state index contributed by atoms with van der Waals surface area (Å²) in [6.45, 7) is 0.486. The van der Waals surface area contributed by atoms with E-state index in [2.05, 4.69) is 15.4 Å². The summed E-state index contributed by atoms with van der Waals surface area (Å²) in [5.41, 5.74) is -0.276. The van der Waals surface area contributed by atoms with Crippen LogP contribution in [0.25, 0.3) is 17.1 Å². The van der Waals surface area contributed by atoms with Gasteiger partial charge in [-0.15, -0.1) is 5.10 Å². The summed E-state index contributed by atoms with van der Waals surface area (Å²) in [6, 6.07) is 15.3. The molecule has 1 amide bonds. The first-order valence-electron chi connectivity index (χ1n) is 11.2. The zero-order valence-electron chi connectivity index (χ0n) is 20.3. The molecular formula is C26H22F4N4O4. The predicted molar refractivity (Wildman–Crippen MR) is 130 cm³/mol. The van der Waals surface area contributed by atoms with Gasteiger partial charge >= 0.3 is 12.2 Å². The molecule has 8 nitrogen and oxygen atoms in total. The highest BCUT2D eigenvalue weighted by molar-refractivity contribution is 6.04. The number of nitrogens with one attached hydrogen (secondary N) is 1. The molecule has 1 aromatic heterocycles. The van der Waals surface area contributed by atoms with Gasteiger partial charge in [-0.2, -0.15) is 18.2 Å². The third kappa shape index (κ3) is 5.92. The van der Waals surface area contributed by atoms with E-state index in [1.165, 1.54) is 36.1 Å². The summed E-state index contributed by atoms with van der Waals surface area (Å²) < 4.78 is 71.1.